The second-order valence-electron chi connectivity index (χ2n) is 4.80. The van der Waals surface area contributed by atoms with E-state index in [1.54, 1.807) is 36.4 Å². The van der Waals surface area contributed by atoms with Gasteiger partial charge in [0, 0.05) is 0 Å². The molecule has 0 saturated heterocycles. The van der Waals surface area contributed by atoms with Crippen LogP contribution in [0.4, 0.5) is 0 Å². The molecule has 2 aromatic rings. The molecule has 1 N–H and O–H groups in total. The fourth-order valence-electron chi connectivity index (χ4n) is 1.76. The van der Waals surface area contributed by atoms with Gasteiger partial charge < -0.3 is 9.47 Å². The third-order valence-corrected chi connectivity index (χ3v) is 3.73. The normalized spacial score (nSPS) is 10.5. The van der Waals surface area contributed by atoms with Gasteiger partial charge in [0.25, 0.3) is 5.91 Å². The van der Waals surface area contributed by atoms with Crippen LogP contribution in [0.15, 0.2) is 60.2 Å². The van der Waals surface area contributed by atoms with E-state index in [9.17, 15) is 4.79 Å². The molecule has 2 aromatic carbocycles. The van der Waals surface area contributed by atoms with E-state index in [1.807, 2.05) is 12.1 Å². The number of ether oxygens (including phenoxy) is 2. The molecule has 0 atom stereocenters. The highest BCUT2D eigenvalue weighted by Crippen LogP contribution is 2.31. The van der Waals surface area contributed by atoms with Crippen molar-refractivity contribution < 1.29 is 14.3 Å². The molecule has 0 spiro atoms. The van der Waals surface area contributed by atoms with Crippen LogP contribution in [0.1, 0.15) is 5.56 Å². The first-order chi connectivity index (χ1) is 12.1. The standard InChI is InChI=1S/C18H16Cl2N2O3/c1-2-10-24-14-8-6-13(7-9-14)11-21-22-17(23)12-25-16-5-3-4-15(19)18(16)20/h2-9,11H,1,10,12H2,(H,22,23)/b21-11+. The molecule has 0 aliphatic carbocycles. The van der Waals surface area contributed by atoms with Crippen LogP contribution >= 0.6 is 23.2 Å². The summed E-state index contributed by atoms with van der Waals surface area (Å²) in [6.07, 6.45) is 3.19. The van der Waals surface area contributed by atoms with Crippen molar-refractivity contribution in [2.75, 3.05) is 13.2 Å². The molecule has 0 saturated carbocycles. The van der Waals surface area contributed by atoms with E-state index in [0.29, 0.717) is 17.4 Å². The third-order valence-electron chi connectivity index (χ3n) is 2.93. The molecule has 0 aromatic heterocycles. The SMILES string of the molecule is C=CCOc1ccc(/C=N/NC(=O)COc2cccc(Cl)c2Cl)cc1. The molecular weight excluding hydrogens is 363 g/mol. The van der Waals surface area contributed by atoms with Crippen molar-refractivity contribution in [1.29, 1.82) is 0 Å². The van der Waals surface area contributed by atoms with Gasteiger partial charge in [0.1, 0.15) is 23.1 Å². The minimum Gasteiger partial charge on any atom is -0.490 e. The topological polar surface area (TPSA) is 59.9 Å². The van der Waals surface area contributed by atoms with E-state index in [4.69, 9.17) is 32.7 Å². The maximum absolute atomic E-state index is 11.7. The molecule has 0 fully saturated rings. The van der Waals surface area contributed by atoms with E-state index < -0.39 is 5.91 Å². The predicted octanol–water partition coefficient (Wildman–Crippen LogP) is 4.09. The summed E-state index contributed by atoms with van der Waals surface area (Å²) in [5, 5.41) is 4.49. The Labute approximate surface area is 155 Å². The van der Waals surface area contributed by atoms with Gasteiger partial charge in [-0.05, 0) is 42.0 Å². The Balaban J connectivity index is 1.80. The van der Waals surface area contributed by atoms with Crippen molar-refractivity contribution in [3.63, 3.8) is 0 Å². The molecule has 130 valence electrons. The largest absolute Gasteiger partial charge is 0.490 e. The van der Waals surface area contributed by atoms with Crippen LogP contribution < -0.4 is 14.9 Å². The molecule has 0 radical (unpaired) electrons. The van der Waals surface area contributed by atoms with Crippen LogP contribution in [0.2, 0.25) is 10.0 Å². The number of hydrogen-bond acceptors (Lipinski definition) is 4. The Bertz CT molecular complexity index is 761. The van der Waals surface area contributed by atoms with Crippen molar-refractivity contribution in [3.8, 4) is 11.5 Å². The number of hydrogen-bond donors (Lipinski definition) is 1. The Morgan fingerprint density at radius 3 is 2.64 bits per heavy atom. The summed E-state index contributed by atoms with van der Waals surface area (Å²) in [6, 6.07) is 12.2. The summed E-state index contributed by atoms with van der Waals surface area (Å²) in [5.41, 5.74) is 3.18. The smallest absolute Gasteiger partial charge is 0.277 e. The maximum Gasteiger partial charge on any atom is 0.277 e. The van der Waals surface area contributed by atoms with Gasteiger partial charge in [-0.2, -0.15) is 5.10 Å². The first-order valence-electron chi connectivity index (χ1n) is 7.32. The molecule has 5 nitrogen and oxygen atoms in total. The van der Waals surface area contributed by atoms with Crippen LogP contribution in [0, 0.1) is 0 Å². The van der Waals surface area contributed by atoms with Crippen LogP contribution in [0.3, 0.4) is 0 Å². The number of carbonyl (C=O) groups is 1. The molecule has 2 rings (SSSR count). The average Bonchev–Trinajstić information content (AvgIpc) is 2.62. The summed E-state index contributed by atoms with van der Waals surface area (Å²) >= 11 is 11.8. The number of amides is 1. The first kappa shape index (κ1) is 18.8. The van der Waals surface area contributed by atoms with Gasteiger partial charge in [-0.25, -0.2) is 5.43 Å². The molecule has 1 amide bonds. The third kappa shape index (κ3) is 6.14. The number of nitrogens with zero attached hydrogens (tertiary/aromatic N) is 1. The fourth-order valence-corrected chi connectivity index (χ4v) is 2.10. The number of benzene rings is 2. The highest BCUT2D eigenvalue weighted by molar-refractivity contribution is 6.42. The van der Waals surface area contributed by atoms with Crippen molar-refractivity contribution in [2.24, 2.45) is 5.10 Å². The van der Waals surface area contributed by atoms with E-state index in [0.717, 1.165) is 11.3 Å². The van der Waals surface area contributed by atoms with Gasteiger partial charge in [0.15, 0.2) is 6.61 Å². The summed E-state index contributed by atoms with van der Waals surface area (Å²) in [7, 11) is 0. The molecule has 0 bridgehead atoms. The van der Waals surface area contributed by atoms with Crippen LogP contribution in [-0.4, -0.2) is 25.3 Å². The Morgan fingerprint density at radius 1 is 1.16 bits per heavy atom. The minimum atomic E-state index is -0.418. The van der Waals surface area contributed by atoms with Gasteiger partial charge >= 0.3 is 0 Å². The zero-order valence-electron chi connectivity index (χ0n) is 13.2. The molecule has 0 heterocycles. The van der Waals surface area contributed by atoms with Gasteiger partial charge in [0.2, 0.25) is 0 Å². The molecule has 0 unspecified atom stereocenters. The quantitative estimate of drug-likeness (QED) is 0.427. The number of hydrazone groups is 1. The number of carbonyl (C=O) groups excluding carboxylic acids is 1. The van der Waals surface area contributed by atoms with E-state index >= 15 is 0 Å². The minimum absolute atomic E-state index is 0.230. The number of halogens is 2. The fraction of sp³-hybridized carbons (Fsp3) is 0.111. The molecule has 0 aliphatic heterocycles. The summed E-state index contributed by atoms with van der Waals surface area (Å²) in [5.74, 6) is 0.648. The van der Waals surface area contributed by atoms with Crippen molar-refractivity contribution in [1.82, 2.24) is 5.43 Å². The van der Waals surface area contributed by atoms with Gasteiger partial charge in [-0.3, -0.25) is 4.79 Å². The number of rotatable bonds is 8. The van der Waals surface area contributed by atoms with Crippen molar-refractivity contribution >= 4 is 35.3 Å². The van der Waals surface area contributed by atoms with Crippen molar-refractivity contribution in [2.45, 2.75) is 0 Å². The second-order valence-corrected chi connectivity index (χ2v) is 5.59. The molecule has 7 heteroatoms. The highest BCUT2D eigenvalue weighted by atomic mass is 35.5. The number of nitrogens with one attached hydrogen (secondary N) is 1. The molecule has 25 heavy (non-hydrogen) atoms. The lowest BCUT2D eigenvalue weighted by molar-refractivity contribution is -0.123. The summed E-state index contributed by atoms with van der Waals surface area (Å²) in [6.45, 7) is 3.80. The van der Waals surface area contributed by atoms with E-state index in [1.165, 1.54) is 6.21 Å². The van der Waals surface area contributed by atoms with Crippen LogP contribution in [-0.2, 0) is 4.79 Å². The van der Waals surface area contributed by atoms with E-state index in [2.05, 4.69) is 17.1 Å². The first-order valence-corrected chi connectivity index (χ1v) is 8.08. The van der Waals surface area contributed by atoms with E-state index in [-0.39, 0.29) is 11.6 Å². The van der Waals surface area contributed by atoms with Gasteiger partial charge in [-0.1, -0.05) is 41.9 Å². The average molecular weight is 379 g/mol. The zero-order valence-corrected chi connectivity index (χ0v) is 14.8. The zero-order chi connectivity index (χ0) is 18.1. The second kappa shape index (κ2) is 9.71. The molecule has 0 aliphatic rings. The predicted molar refractivity (Wildman–Crippen MR) is 99.8 cm³/mol. The maximum atomic E-state index is 11.7. The summed E-state index contributed by atoms with van der Waals surface area (Å²) < 4.78 is 10.7. The van der Waals surface area contributed by atoms with Gasteiger partial charge in [-0.15, -0.1) is 0 Å². The monoisotopic (exact) mass is 378 g/mol. The van der Waals surface area contributed by atoms with Gasteiger partial charge in [0.05, 0.1) is 11.2 Å². The highest BCUT2D eigenvalue weighted by Gasteiger charge is 2.07. The summed E-state index contributed by atoms with van der Waals surface area (Å²) in [4.78, 5) is 11.7. The Kier molecular flexibility index (Phi) is 7.32. The van der Waals surface area contributed by atoms with Crippen LogP contribution in [0.5, 0.6) is 11.5 Å². The Hall–Kier alpha value is -2.50. The molecular formula is C18H16Cl2N2O3. The lowest BCUT2D eigenvalue weighted by Gasteiger charge is -2.07. The lowest BCUT2D eigenvalue weighted by Crippen LogP contribution is -2.24. The Morgan fingerprint density at radius 2 is 1.92 bits per heavy atom. The lowest BCUT2D eigenvalue weighted by atomic mass is 10.2. The van der Waals surface area contributed by atoms with Crippen molar-refractivity contribution in [3.05, 3.63) is 70.7 Å². The van der Waals surface area contributed by atoms with Crippen LogP contribution in [0.25, 0.3) is 0 Å².